The average Bonchev–Trinajstić information content (AvgIpc) is 3.12. The number of nitrogens with one attached hydrogen (secondary N) is 3. The highest BCUT2D eigenvalue weighted by Crippen LogP contribution is 2.32. The number of aryl methyl sites for hydroxylation is 1. The van der Waals surface area contributed by atoms with Crippen LogP contribution in [0.25, 0.3) is 11.4 Å². The number of methoxy groups -OCH3 is 1. The summed E-state index contributed by atoms with van der Waals surface area (Å²) >= 11 is 0. The van der Waals surface area contributed by atoms with Gasteiger partial charge in [-0.3, -0.25) is 4.68 Å². The second-order valence-electron chi connectivity index (χ2n) is 7.07. The van der Waals surface area contributed by atoms with Crippen LogP contribution in [-0.2, 0) is 13.6 Å². The van der Waals surface area contributed by atoms with Gasteiger partial charge in [0, 0.05) is 37.6 Å². The number of anilines is 2. The molecule has 3 heterocycles. The van der Waals surface area contributed by atoms with Gasteiger partial charge < -0.3 is 20.8 Å². The van der Waals surface area contributed by atoms with Crippen molar-refractivity contribution in [2.24, 2.45) is 7.05 Å². The maximum atomic E-state index is 8.27. The third-order valence-electron chi connectivity index (χ3n) is 4.40. The second kappa shape index (κ2) is 8.72. The summed E-state index contributed by atoms with van der Waals surface area (Å²) in [7, 11) is 3.49. The van der Waals surface area contributed by atoms with Crippen molar-refractivity contribution in [1.29, 1.82) is 5.41 Å². The van der Waals surface area contributed by atoms with E-state index in [-0.39, 0.29) is 6.04 Å². The number of nitrogens with zero attached hydrogens (tertiary/aromatic N) is 4. The smallest absolute Gasteiger partial charge is 0.218 e. The number of hydrogen-bond donors (Lipinski definition) is 3. The predicted molar refractivity (Wildman–Crippen MR) is 116 cm³/mol. The molecule has 0 saturated heterocycles. The molecule has 0 amide bonds. The van der Waals surface area contributed by atoms with Gasteiger partial charge in [0.1, 0.15) is 5.69 Å². The van der Waals surface area contributed by atoms with E-state index >= 15 is 0 Å². The Bertz CT molecular complexity index is 1010. The maximum Gasteiger partial charge on any atom is 0.218 e. The summed E-state index contributed by atoms with van der Waals surface area (Å²) < 4.78 is 7.14. The summed E-state index contributed by atoms with van der Waals surface area (Å²) in [4.78, 5) is 9.01. The van der Waals surface area contributed by atoms with Crippen molar-refractivity contribution >= 4 is 17.1 Å². The fraction of sp³-hybridized carbons (Fsp3) is 0.333. The summed E-state index contributed by atoms with van der Waals surface area (Å²) in [5, 5.41) is 19.4. The molecule has 0 bridgehead atoms. The molecule has 8 nitrogen and oxygen atoms in total. The maximum absolute atomic E-state index is 8.27. The molecule has 0 fully saturated rings. The molecule has 0 aromatic carbocycles. The summed E-state index contributed by atoms with van der Waals surface area (Å²) in [5.41, 5.74) is 5.24. The van der Waals surface area contributed by atoms with Gasteiger partial charge in [-0.15, -0.1) is 0 Å². The average molecular weight is 393 g/mol. The van der Waals surface area contributed by atoms with Gasteiger partial charge in [0.05, 0.1) is 35.6 Å². The SMILES string of the molecule is COc1ncccc1CNc1cc(-c2ccnn2C)nc(C(C)=N)c1NC(C)C. The largest absolute Gasteiger partial charge is 0.481 e. The molecular weight excluding hydrogens is 366 g/mol. The standard InChI is InChI=1S/C21H27N7O/c1-13(2)26-20-17(24-12-15-7-6-9-23-21(15)29-5)11-16(27-19(20)14(3)22)18-8-10-25-28(18)4/h6-11,13,22,26H,12H2,1-5H3,(H,24,27). The first-order chi connectivity index (χ1) is 13.9. The first kappa shape index (κ1) is 20.3. The van der Waals surface area contributed by atoms with E-state index < -0.39 is 0 Å². The highest BCUT2D eigenvalue weighted by molar-refractivity contribution is 6.03. The molecule has 0 saturated carbocycles. The topological polar surface area (TPSA) is 101 Å². The molecule has 8 heteroatoms. The molecule has 3 N–H and O–H groups in total. The Labute approximate surface area is 170 Å². The number of pyridine rings is 2. The van der Waals surface area contributed by atoms with Crippen LogP contribution in [0.2, 0.25) is 0 Å². The minimum absolute atomic E-state index is 0.186. The summed E-state index contributed by atoms with van der Waals surface area (Å²) in [6.07, 6.45) is 3.44. The third-order valence-corrected chi connectivity index (χ3v) is 4.40. The monoisotopic (exact) mass is 393 g/mol. The lowest BCUT2D eigenvalue weighted by molar-refractivity contribution is 0.393. The van der Waals surface area contributed by atoms with Crippen LogP contribution in [0.3, 0.4) is 0 Å². The van der Waals surface area contributed by atoms with Gasteiger partial charge in [-0.2, -0.15) is 5.10 Å². The van der Waals surface area contributed by atoms with Gasteiger partial charge in [-0.05, 0) is 39.0 Å². The van der Waals surface area contributed by atoms with Crippen molar-refractivity contribution in [2.75, 3.05) is 17.7 Å². The molecule has 29 heavy (non-hydrogen) atoms. The Morgan fingerprint density at radius 2 is 2.07 bits per heavy atom. The lowest BCUT2D eigenvalue weighted by Crippen LogP contribution is -2.17. The molecule has 0 aliphatic rings. The molecule has 0 spiro atoms. The van der Waals surface area contributed by atoms with E-state index in [1.54, 1.807) is 31.1 Å². The molecule has 0 radical (unpaired) electrons. The fourth-order valence-electron chi connectivity index (χ4n) is 3.08. The van der Waals surface area contributed by atoms with Crippen molar-refractivity contribution in [3.05, 3.63) is 47.9 Å². The Morgan fingerprint density at radius 1 is 1.28 bits per heavy atom. The van der Waals surface area contributed by atoms with Crippen molar-refractivity contribution in [3.8, 4) is 17.3 Å². The lowest BCUT2D eigenvalue weighted by Gasteiger charge is -2.21. The normalized spacial score (nSPS) is 10.8. The zero-order valence-corrected chi connectivity index (χ0v) is 17.4. The van der Waals surface area contributed by atoms with Crippen LogP contribution in [0.15, 0.2) is 36.7 Å². The molecule has 0 aliphatic heterocycles. The lowest BCUT2D eigenvalue weighted by atomic mass is 10.1. The van der Waals surface area contributed by atoms with E-state index in [1.807, 2.05) is 31.3 Å². The minimum atomic E-state index is 0.186. The van der Waals surface area contributed by atoms with Gasteiger partial charge >= 0.3 is 0 Å². The van der Waals surface area contributed by atoms with E-state index in [2.05, 4.69) is 34.6 Å². The molecule has 0 atom stereocenters. The Hall–Kier alpha value is -3.42. The zero-order chi connectivity index (χ0) is 21.0. The first-order valence-electron chi connectivity index (χ1n) is 9.48. The number of rotatable bonds is 8. The van der Waals surface area contributed by atoms with Crippen LogP contribution in [0.1, 0.15) is 32.0 Å². The van der Waals surface area contributed by atoms with Gasteiger partial charge in [0.2, 0.25) is 5.88 Å². The Morgan fingerprint density at radius 3 is 2.69 bits per heavy atom. The molecular formula is C21H27N7O. The van der Waals surface area contributed by atoms with Crippen LogP contribution in [0.5, 0.6) is 5.88 Å². The predicted octanol–water partition coefficient (Wildman–Crippen LogP) is 3.71. The summed E-state index contributed by atoms with van der Waals surface area (Å²) in [6, 6.07) is 7.94. The van der Waals surface area contributed by atoms with E-state index in [0.29, 0.717) is 23.8 Å². The van der Waals surface area contributed by atoms with Gasteiger partial charge in [0.15, 0.2) is 0 Å². The van der Waals surface area contributed by atoms with Crippen LogP contribution in [0.4, 0.5) is 11.4 Å². The number of ether oxygens (including phenoxy) is 1. The number of hydrogen-bond acceptors (Lipinski definition) is 7. The Kier molecular flexibility index (Phi) is 6.11. The zero-order valence-electron chi connectivity index (χ0n) is 17.4. The van der Waals surface area contributed by atoms with Crippen molar-refractivity contribution < 1.29 is 4.74 Å². The van der Waals surface area contributed by atoms with Crippen LogP contribution < -0.4 is 15.4 Å². The van der Waals surface area contributed by atoms with E-state index in [9.17, 15) is 0 Å². The molecule has 3 aromatic heterocycles. The molecule has 3 aromatic rings. The second-order valence-corrected chi connectivity index (χ2v) is 7.07. The summed E-state index contributed by atoms with van der Waals surface area (Å²) in [6.45, 7) is 6.39. The van der Waals surface area contributed by atoms with Crippen molar-refractivity contribution in [3.63, 3.8) is 0 Å². The molecule has 0 unspecified atom stereocenters. The molecule has 3 rings (SSSR count). The van der Waals surface area contributed by atoms with E-state index in [4.69, 9.17) is 15.1 Å². The fourth-order valence-corrected chi connectivity index (χ4v) is 3.08. The third kappa shape index (κ3) is 4.53. The van der Waals surface area contributed by atoms with Gasteiger partial charge in [0.25, 0.3) is 0 Å². The van der Waals surface area contributed by atoms with Crippen LogP contribution in [0, 0.1) is 5.41 Å². The molecule has 0 aliphatic carbocycles. The quantitative estimate of drug-likeness (QED) is 0.505. The van der Waals surface area contributed by atoms with Crippen LogP contribution in [-0.4, -0.2) is 38.6 Å². The highest BCUT2D eigenvalue weighted by atomic mass is 16.5. The van der Waals surface area contributed by atoms with E-state index in [1.165, 1.54) is 0 Å². The molecule has 152 valence electrons. The van der Waals surface area contributed by atoms with E-state index in [0.717, 1.165) is 28.3 Å². The number of aromatic nitrogens is 4. The van der Waals surface area contributed by atoms with Crippen LogP contribution >= 0.6 is 0 Å². The van der Waals surface area contributed by atoms with Gasteiger partial charge in [-0.1, -0.05) is 6.07 Å². The minimum Gasteiger partial charge on any atom is -0.481 e. The highest BCUT2D eigenvalue weighted by Gasteiger charge is 2.18. The van der Waals surface area contributed by atoms with Gasteiger partial charge in [-0.25, -0.2) is 9.97 Å². The first-order valence-corrected chi connectivity index (χ1v) is 9.48. The van der Waals surface area contributed by atoms with Crippen molar-refractivity contribution in [2.45, 2.75) is 33.4 Å². The Balaban J connectivity index is 2.07. The summed E-state index contributed by atoms with van der Waals surface area (Å²) in [5.74, 6) is 0.586. The van der Waals surface area contributed by atoms with Crippen molar-refractivity contribution in [1.82, 2.24) is 19.7 Å².